The Balaban J connectivity index is 0.000000157. The first-order valence-electron chi connectivity index (χ1n) is 17.2. The van der Waals surface area contributed by atoms with E-state index in [0.29, 0.717) is 0 Å². The van der Waals surface area contributed by atoms with Crippen LogP contribution in [0.15, 0.2) is 146 Å². The molecule has 0 bridgehead atoms. The summed E-state index contributed by atoms with van der Waals surface area (Å²) >= 11 is 1.74. The summed E-state index contributed by atoms with van der Waals surface area (Å²) in [5.41, 5.74) is 12.8. The molecule has 2 heterocycles. The molecule has 0 saturated heterocycles. The second-order valence-corrected chi connectivity index (χ2v) is 22.9. The van der Waals surface area contributed by atoms with Crippen LogP contribution in [-0.2, 0) is 23.3 Å². The molecule has 0 aliphatic carbocycles. The van der Waals surface area contributed by atoms with Crippen molar-refractivity contribution in [1.29, 1.82) is 0 Å². The van der Waals surface area contributed by atoms with Gasteiger partial charge in [-0.25, -0.2) is 0 Å². The Hall–Kier alpha value is -4.76. The molecule has 0 amide bonds. The average Bonchev–Trinajstić information content (AvgIpc) is 3.89. The van der Waals surface area contributed by atoms with Gasteiger partial charge < -0.3 is 24.8 Å². The van der Waals surface area contributed by atoms with E-state index in [-0.39, 0.29) is 20.3 Å². The quantitative estimate of drug-likeness (QED) is 0.130. The smallest absolute Gasteiger partial charge is 0.0536 e. The fourth-order valence-corrected chi connectivity index (χ4v) is 7.43. The van der Waals surface area contributed by atoms with Crippen LogP contribution in [0.3, 0.4) is 0 Å². The molecule has 4 heteroatoms. The fourth-order valence-electron chi connectivity index (χ4n) is 7.43. The van der Waals surface area contributed by atoms with E-state index in [1.807, 2.05) is 0 Å². The second kappa shape index (κ2) is 15.5. The van der Waals surface area contributed by atoms with Crippen LogP contribution in [0.25, 0.3) is 87.4 Å². The van der Waals surface area contributed by atoms with Crippen molar-refractivity contribution in [3.05, 3.63) is 172 Å². The average molecular weight is 768 g/mol. The van der Waals surface area contributed by atoms with Crippen LogP contribution in [0, 0.1) is 28.7 Å². The molecule has 10 rings (SSSR count). The molecular formula is C48H44N2SiZr-4. The van der Waals surface area contributed by atoms with Crippen molar-refractivity contribution in [2.45, 2.75) is 26.9 Å². The van der Waals surface area contributed by atoms with Crippen LogP contribution in [0.5, 0.6) is 0 Å². The van der Waals surface area contributed by atoms with E-state index < -0.39 is 0 Å². The van der Waals surface area contributed by atoms with E-state index in [1.54, 1.807) is 23.3 Å². The van der Waals surface area contributed by atoms with Gasteiger partial charge in [0, 0.05) is 32.6 Å². The summed E-state index contributed by atoms with van der Waals surface area (Å²) in [6.45, 7) is 8.94. The van der Waals surface area contributed by atoms with Crippen LogP contribution in [-0.4, -0.2) is 15.4 Å². The number of hydrogen-bond acceptors (Lipinski definition) is 0. The molecule has 10 aromatic rings. The van der Waals surface area contributed by atoms with Crippen molar-refractivity contribution in [2.24, 2.45) is 0 Å². The summed E-state index contributed by atoms with van der Waals surface area (Å²) in [7, 11) is 0. The molecular weight excluding hydrogens is 724 g/mol. The third kappa shape index (κ3) is 6.90. The molecule has 0 spiro atoms. The van der Waals surface area contributed by atoms with E-state index in [0.717, 1.165) is 0 Å². The number of hydrogen-bond donors (Lipinski definition) is 2. The van der Waals surface area contributed by atoms with Gasteiger partial charge in [-0.2, -0.15) is 12.1 Å². The van der Waals surface area contributed by atoms with E-state index >= 15 is 0 Å². The summed E-state index contributed by atoms with van der Waals surface area (Å²) in [5, 5.41) is 10.4. The van der Waals surface area contributed by atoms with Crippen LogP contribution in [0.2, 0.25) is 13.1 Å². The first-order chi connectivity index (χ1) is 24.4. The number of H-pyrrole nitrogens is 2. The zero-order valence-electron chi connectivity index (χ0n) is 30.9. The third-order valence-electron chi connectivity index (χ3n) is 9.45. The van der Waals surface area contributed by atoms with Gasteiger partial charge >= 0.3 is 41.9 Å². The van der Waals surface area contributed by atoms with Gasteiger partial charge in [0.05, 0.1) is 11.0 Å². The molecule has 0 unspecified atom stereocenters. The van der Waals surface area contributed by atoms with Crippen molar-refractivity contribution >= 4 is 70.6 Å². The van der Waals surface area contributed by atoms with Crippen molar-refractivity contribution in [3.8, 4) is 22.3 Å². The molecule has 52 heavy (non-hydrogen) atoms. The fraction of sp³-hybridized carbons (Fsp3) is 0.0833. The van der Waals surface area contributed by atoms with Crippen molar-refractivity contribution in [2.75, 3.05) is 0 Å². The zero-order chi connectivity index (χ0) is 34.4. The summed E-state index contributed by atoms with van der Waals surface area (Å²) in [6.07, 6.45) is 0. The van der Waals surface area contributed by atoms with Gasteiger partial charge in [-0.3, -0.25) is 0 Å². The van der Waals surface area contributed by atoms with Gasteiger partial charge in [0.2, 0.25) is 0 Å². The maximum absolute atomic E-state index is 3.62. The number of nitrogens with one attached hydrogen (secondary N) is 2. The van der Waals surface area contributed by atoms with Crippen LogP contribution < -0.4 is 0 Å². The molecule has 2 aromatic heterocycles. The summed E-state index contributed by atoms with van der Waals surface area (Å²) in [6, 6.07) is 52.4. The topological polar surface area (TPSA) is 31.6 Å². The Morgan fingerprint density at radius 1 is 0.442 bits per heavy atom. The number of aryl methyl sites for hydroxylation is 2. The molecule has 0 fully saturated rings. The van der Waals surface area contributed by atoms with Crippen molar-refractivity contribution < 1.29 is 23.3 Å². The maximum atomic E-state index is 3.62. The Morgan fingerprint density at radius 2 is 0.788 bits per heavy atom. The van der Waals surface area contributed by atoms with Crippen molar-refractivity contribution in [1.82, 2.24) is 9.97 Å². The van der Waals surface area contributed by atoms with E-state index in [2.05, 4.69) is 183 Å². The maximum Gasteiger partial charge on any atom is 0.0536 e. The Morgan fingerprint density at radius 3 is 1.21 bits per heavy atom. The number of aromatic nitrogens is 2. The number of para-hydroxylation sites is 4. The Kier molecular flexibility index (Phi) is 11.0. The zero-order valence-corrected chi connectivity index (χ0v) is 34.3. The molecule has 0 aliphatic rings. The number of aromatic amines is 2. The summed E-state index contributed by atoms with van der Waals surface area (Å²) < 4.78 is 0. The first-order valence-corrected chi connectivity index (χ1v) is 23.4. The van der Waals surface area contributed by atoms with Gasteiger partial charge in [-0.1, -0.05) is 110 Å². The van der Waals surface area contributed by atoms with Gasteiger partial charge in [0.1, 0.15) is 0 Å². The molecule has 0 radical (unpaired) electrons. The molecule has 258 valence electrons. The summed E-state index contributed by atoms with van der Waals surface area (Å²) in [5.74, 6) is 0. The van der Waals surface area contributed by atoms with Crippen LogP contribution in [0.1, 0.15) is 11.1 Å². The molecule has 2 N–H and O–H groups in total. The predicted molar refractivity (Wildman–Crippen MR) is 228 cm³/mol. The van der Waals surface area contributed by atoms with Crippen molar-refractivity contribution in [3.63, 3.8) is 0 Å². The van der Waals surface area contributed by atoms with E-state index in [4.69, 9.17) is 0 Å². The largest absolute Gasteiger partial charge is 0.358 e. The van der Waals surface area contributed by atoms with Gasteiger partial charge in [-0.05, 0) is 23.3 Å². The van der Waals surface area contributed by atoms with Gasteiger partial charge in [0.25, 0.3) is 0 Å². The minimum Gasteiger partial charge on any atom is -0.358 e. The Labute approximate surface area is 322 Å². The van der Waals surface area contributed by atoms with E-state index in [9.17, 15) is 0 Å². The van der Waals surface area contributed by atoms with Gasteiger partial charge in [-0.15, -0.1) is 69.1 Å². The van der Waals surface area contributed by atoms with E-state index in [1.165, 1.54) is 98.5 Å². The van der Waals surface area contributed by atoms with Crippen LogP contribution in [0.4, 0.5) is 0 Å². The van der Waals surface area contributed by atoms with Gasteiger partial charge in [0.15, 0.2) is 0 Å². The standard InChI is InChI=1S/2C22H16N.C2H6Si.2CH3.Zr/c2*1-14-12-15-6-4-8-16(20(15)13-14)18-9-5-10-19-17-7-2-3-11-21(17)23-22(18)19;1-3-2;;;/h2*2-13,23H,1H3;1-2H3;2*1H3;/q2*-1;;2*-1;. The molecule has 0 aliphatic heterocycles. The minimum absolute atomic E-state index is 0. The predicted octanol–water partition coefficient (Wildman–Crippen LogP) is 14.0. The SMILES string of the molecule is C[Si](C)=[Zr].Cc1cc2c(-c3cccc4c3[nH]c3ccccc34)cccc2[cH-]1.Cc1cc2c(-c3cccc4c3[nH]c3ccccc34)cccc2[cH-]1.[CH3-].[CH3-]. The Bertz CT molecular complexity index is 2650. The second-order valence-electron chi connectivity index (χ2n) is 13.5. The molecule has 0 atom stereocenters. The number of benzene rings is 6. The van der Waals surface area contributed by atoms with Crippen LogP contribution >= 0.6 is 0 Å². The number of rotatable bonds is 2. The molecule has 0 saturated carbocycles. The normalized spacial score (nSPS) is 10.8. The monoisotopic (exact) mass is 766 g/mol. The molecule has 8 aromatic carbocycles. The third-order valence-corrected chi connectivity index (χ3v) is 9.45. The first kappa shape index (κ1) is 37.0. The number of fused-ring (bicyclic) bond motifs is 8. The summed E-state index contributed by atoms with van der Waals surface area (Å²) in [4.78, 5) is 7.23. The molecule has 2 nitrogen and oxygen atoms in total. The minimum atomic E-state index is 0.